The minimum absolute atomic E-state index is 0.0322. The predicted molar refractivity (Wildman–Crippen MR) is 86.4 cm³/mol. The molecule has 0 spiro atoms. The zero-order chi connectivity index (χ0) is 16.2. The third kappa shape index (κ3) is 5.16. The molecule has 0 bridgehead atoms. The van der Waals surface area contributed by atoms with Crippen LogP contribution in [0.15, 0.2) is 0 Å². The van der Waals surface area contributed by atoms with Crippen molar-refractivity contribution in [2.24, 2.45) is 5.41 Å². The summed E-state index contributed by atoms with van der Waals surface area (Å²) < 4.78 is 37.7. The van der Waals surface area contributed by atoms with Gasteiger partial charge < -0.3 is 9.47 Å². The van der Waals surface area contributed by atoms with Gasteiger partial charge in [0.15, 0.2) is 0 Å². The third-order valence-corrected chi connectivity index (χ3v) is 6.29. The zero-order valence-corrected chi connectivity index (χ0v) is 14.9. The van der Waals surface area contributed by atoms with Gasteiger partial charge in [-0.3, -0.25) is 4.90 Å². The molecule has 2 aliphatic heterocycles. The van der Waals surface area contributed by atoms with Crippen LogP contribution in [0.4, 0.5) is 0 Å². The van der Waals surface area contributed by atoms with Gasteiger partial charge in [0.1, 0.15) is 0 Å². The van der Waals surface area contributed by atoms with E-state index in [0.29, 0.717) is 26.1 Å². The Labute approximate surface area is 134 Å². The number of ether oxygens (including phenoxy) is 2. The fourth-order valence-electron chi connectivity index (χ4n) is 2.83. The van der Waals surface area contributed by atoms with Crippen LogP contribution in [0, 0.1) is 5.41 Å². The number of hydrogen-bond donors (Lipinski definition) is 0. The van der Waals surface area contributed by atoms with Crippen molar-refractivity contribution < 1.29 is 17.9 Å². The van der Waals surface area contributed by atoms with E-state index in [2.05, 4.69) is 25.7 Å². The smallest absolute Gasteiger partial charge is 0.214 e. The van der Waals surface area contributed by atoms with Gasteiger partial charge in [0.05, 0.1) is 31.7 Å². The molecule has 2 heterocycles. The number of rotatable bonds is 5. The summed E-state index contributed by atoms with van der Waals surface area (Å²) in [4.78, 5) is 2.27. The van der Waals surface area contributed by atoms with Crippen LogP contribution in [0.1, 0.15) is 27.2 Å². The molecule has 2 rings (SSSR count). The van der Waals surface area contributed by atoms with Gasteiger partial charge >= 0.3 is 0 Å². The van der Waals surface area contributed by atoms with Crippen molar-refractivity contribution in [3.63, 3.8) is 0 Å². The maximum atomic E-state index is 12.5. The number of sulfonamides is 1. The summed E-state index contributed by atoms with van der Waals surface area (Å²) in [5, 5.41) is 0. The van der Waals surface area contributed by atoms with E-state index in [1.54, 1.807) is 4.31 Å². The largest absolute Gasteiger partial charge is 0.379 e. The number of nitrogens with zero attached hydrogens (tertiary/aromatic N) is 2. The Morgan fingerprint density at radius 3 is 2.41 bits per heavy atom. The molecular formula is C15H30N2O4S. The van der Waals surface area contributed by atoms with E-state index in [-0.39, 0.29) is 17.3 Å². The van der Waals surface area contributed by atoms with Crippen molar-refractivity contribution in [3.8, 4) is 0 Å². The summed E-state index contributed by atoms with van der Waals surface area (Å²) in [6, 6.07) is 0. The highest BCUT2D eigenvalue weighted by Gasteiger charge is 2.35. The molecule has 1 atom stereocenters. The van der Waals surface area contributed by atoms with E-state index in [1.165, 1.54) is 0 Å². The highest BCUT2D eigenvalue weighted by molar-refractivity contribution is 7.89. The molecule has 2 aliphatic rings. The first-order valence-corrected chi connectivity index (χ1v) is 9.79. The molecule has 7 heteroatoms. The highest BCUT2D eigenvalue weighted by atomic mass is 32.2. The summed E-state index contributed by atoms with van der Waals surface area (Å²) in [6.45, 7) is 11.9. The summed E-state index contributed by atoms with van der Waals surface area (Å²) >= 11 is 0. The monoisotopic (exact) mass is 334 g/mol. The second kappa shape index (κ2) is 7.57. The van der Waals surface area contributed by atoms with E-state index in [9.17, 15) is 8.42 Å². The molecule has 1 unspecified atom stereocenters. The van der Waals surface area contributed by atoms with Crippen molar-refractivity contribution in [2.45, 2.75) is 33.3 Å². The molecule has 0 aromatic rings. The Balaban J connectivity index is 1.81. The number of hydrogen-bond acceptors (Lipinski definition) is 5. The van der Waals surface area contributed by atoms with Crippen LogP contribution in [-0.2, 0) is 19.5 Å². The molecule has 0 amide bonds. The van der Waals surface area contributed by atoms with E-state index in [4.69, 9.17) is 9.47 Å². The first-order valence-electron chi connectivity index (χ1n) is 8.18. The van der Waals surface area contributed by atoms with Crippen LogP contribution in [-0.4, -0.2) is 82.0 Å². The fourth-order valence-corrected chi connectivity index (χ4v) is 4.29. The topological polar surface area (TPSA) is 59.1 Å². The Morgan fingerprint density at radius 2 is 1.77 bits per heavy atom. The van der Waals surface area contributed by atoms with Gasteiger partial charge in [-0.25, -0.2) is 8.42 Å². The molecule has 2 saturated heterocycles. The molecule has 130 valence electrons. The molecule has 6 nitrogen and oxygen atoms in total. The number of morpholine rings is 2. The second-order valence-corrected chi connectivity index (χ2v) is 9.30. The lowest BCUT2D eigenvalue weighted by atomic mass is 9.88. The Bertz CT molecular complexity index is 441. The molecule has 0 radical (unpaired) electrons. The van der Waals surface area contributed by atoms with Crippen LogP contribution >= 0.6 is 0 Å². The van der Waals surface area contributed by atoms with Gasteiger partial charge in [-0.15, -0.1) is 0 Å². The van der Waals surface area contributed by atoms with Gasteiger partial charge in [0.25, 0.3) is 0 Å². The Hall–Kier alpha value is -0.210. The molecule has 0 aromatic heterocycles. The lowest BCUT2D eigenvalue weighted by molar-refractivity contribution is -0.0591. The quantitative estimate of drug-likeness (QED) is 0.744. The Morgan fingerprint density at radius 1 is 1.09 bits per heavy atom. The van der Waals surface area contributed by atoms with Gasteiger partial charge in [-0.1, -0.05) is 20.8 Å². The first-order chi connectivity index (χ1) is 10.3. The summed E-state index contributed by atoms with van der Waals surface area (Å²) in [7, 11) is -3.18. The molecule has 0 aromatic carbocycles. The highest BCUT2D eigenvalue weighted by Crippen LogP contribution is 2.26. The minimum atomic E-state index is -3.18. The van der Waals surface area contributed by atoms with E-state index >= 15 is 0 Å². The van der Waals surface area contributed by atoms with Crippen molar-refractivity contribution in [2.75, 3.05) is 58.3 Å². The van der Waals surface area contributed by atoms with Gasteiger partial charge in [-0.2, -0.15) is 4.31 Å². The van der Waals surface area contributed by atoms with Crippen molar-refractivity contribution in [1.29, 1.82) is 0 Å². The third-order valence-electron chi connectivity index (χ3n) is 4.37. The summed E-state index contributed by atoms with van der Waals surface area (Å²) in [5.41, 5.74) is -0.0397. The van der Waals surface area contributed by atoms with E-state index in [1.807, 2.05) is 0 Å². The van der Waals surface area contributed by atoms with Gasteiger partial charge in [-0.05, 0) is 18.4 Å². The van der Waals surface area contributed by atoms with E-state index in [0.717, 1.165) is 32.8 Å². The lowest BCUT2D eigenvalue weighted by Gasteiger charge is -2.39. The van der Waals surface area contributed by atoms with Crippen LogP contribution in [0.5, 0.6) is 0 Å². The maximum absolute atomic E-state index is 12.5. The van der Waals surface area contributed by atoms with Crippen LogP contribution in [0.2, 0.25) is 0 Å². The van der Waals surface area contributed by atoms with Crippen LogP contribution in [0.25, 0.3) is 0 Å². The lowest BCUT2D eigenvalue weighted by Crippen LogP contribution is -2.50. The second-order valence-electron chi connectivity index (χ2n) is 7.21. The molecule has 0 aliphatic carbocycles. The standard InChI is InChI=1S/C15H30N2O4S/c1-15(2,3)14-13-17(8-11-21-14)22(18,19)12-4-5-16-6-9-20-10-7-16/h14H,4-13H2,1-3H3. The maximum Gasteiger partial charge on any atom is 0.214 e. The van der Waals surface area contributed by atoms with Crippen molar-refractivity contribution in [3.05, 3.63) is 0 Å². The zero-order valence-electron chi connectivity index (χ0n) is 14.1. The van der Waals surface area contributed by atoms with Crippen molar-refractivity contribution >= 4 is 10.0 Å². The first kappa shape index (κ1) is 18.1. The predicted octanol–water partition coefficient (Wildman–Crippen LogP) is 0.785. The van der Waals surface area contributed by atoms with Crippen LogP contribution in [0.3, 0.4) is 0 Å². The fraction of sp³-hybridized carbons (Fsp3) is 1.00. The van der Waals surface area contributed by atoms with Gasteiger partial charge in [0.2, 0.25) is 10.0 Å². The van der Waals surface area contributed by atoms with Crippen LogP contribution < -0.4 is 0 Å². The Kier molecular flexibility index (Phi) is 6.24. The average molecular weight is 334 g/mol. The molecule has 22 heavy (non-hydrogen) atoms. The molecule has 0 saturated carbocycles. The molecule has 2 fully saturated rings. The summed E-state index contributed by atoms with van der Waals surface area (Å²) in [5.74, 6) is 0.223. The normalized spacial score (nSPS) is 26.2. The molecule has 0 N–H and O–H groups in total. The van der Waals surface area contributed by atoms with E-state index < -0.39 is 10.0 Å². The SMILES string of the molecule is CC(C)(C)C1CN(S(=O)(=O)CCCN2CCOCC2)CCO1. The van der Waals surface area contributed by atoms with Gasteiger partial charge in [0, 0.05) is 26.2 Å². The van der Waals surface area contributed by atoms with Crippen molar-refractivity contribution in [1.82, 2.24) is 9.21 Å². The summed E-state index contributed by atoms with van der Waals surface area (Å²) in [6.07, 6.45) is 0.648. The molecular weight excluding hydrogens is 304 g/mol. The minimum Gasteiger partial charge on any atom is -0.379 e. The average Bonchev–Trinajstić information content (AvgIpc) is 2.47.